The summed E-state index contributed by atoms with van der Waals surface area (Å²) in [5.74, 6) is 0.685. The summed E-state index contributed by atoms with van der Waals surface area (Å²) in [5.41, 5.74) is 1.18. The van der Waals surface area contributed by atoms with Crippen molar-refractivity contribution in [2.75, 3.05) is 19.0 Å². The molecule has 0 aromatic heterocycles. The summed E-state index contributed by atoms with van der Waals surface area (Å²) in [7, 11) is 1.54. The predicted octanol–water partition coefficient (Wildman–Crippen LogP) is 4.42. The van der Waals surface area contributed by atoms with Gasteiger partial charge in [-0.05, 0) is 30.7 Å². The number of methoxy groups -OCH3 is 1. The van der Waals surface area contributed by atoms with E-state index >= 15 is 0 Å². The van der Waals surface area contributed by atoms with Gasteiger partial charge in [-0.15, -0.1) is 0 Å². The second kappa shape index (κ2) is 9.90. The molecule has 0 saturated carbocycles. The molecular formula is C21H22N2O3. The summed E-state index contributed by atoms with van der Waals surface area (Å²) in [5, 5.41) is 12.1. The molecule has 0 aliphatic carbocycles. The molecular weight excluding hydrogens is 328 g/mol. The van der Waals surface area contributed by atoms with Crippen molar-refractivity contribution in [3.63, 3.8) is 0 Å². The number of rotatable bonds is 8. The lowest BCUT2D eigenvalue weighted by Crippen LogP contribution is -2.14. The average Bonchev–Trinajstić information content (AvgIpc) is 2.67. The van der Waals surface area contributed by atoms with Crippen molar-refractivity contribution in [3.8, 4) is 17.6 Å². The molecule has 0 aliphatic heterocycles. The zero-order valence-electron chi connectivity index (χ0n) is 15.0. The molecule has 0 heterocycles. The number of nitrogens with zero attached hydrogens (tertiary/aromatic N) is 1. The van der Waals surface area contributed by atoms with E-state index in [1.54, 1.807) is 37.4 Å². The van der Waals surface area contributed by atoms with Crippen LogP contribution in [0, 0.1) is 11.3 Å². The van der Waals surface area contributed by atoms with Gasteiger partial charge in [-0.25, -0.2) is 0 Å². The number of carbonyl (C=O) groups excluding carboxylic acids is 1. The molecule has 26 heavy (non-hydrogen) atoms. The fraction of sp³-hybridized carbons (Fsp3) is 0.238. The highest BCUT2D eigenvalue weighted by Crippen LogP contribution is 2.25. The van der Waals surface area contributed by atoms with Crippen LogP contribution in [0.5, 0.6) is 11.5 Å². The Labute approximate surface area is 153 Å². The third-order valence-corrected chi connectivity index (χ3v) is 3.69. The number of amides is 1. The number of nitrogens with one attached hydrogen (secondary N) is 1. The van der Waals surface area contributed by atoms with Gasteiger partial charge in [0.2, 0.25) is 0 Å². The van der Waals surface area contributed by atoms with E-state index in [0.717, 1.165) is 12.8 Å². The highest BCUT2D eigenvalue weighted by atomic mass is 16.5. The number of nitriles is 1. The maximum atomic E-state index is 12.5. The second-order valence-corrected chi connectivity index (χ2v) is 5.56. The van der Waals surface area contributed by atoms with E-state index in [0.29, 0.717) is 29.4 Å². The molecule has 0 radical (unpaired) electrons. The number of para-hydroxylation sites is 3. The van der Waals surface area contributed by atoms with Crippen LogP contribution in [0.4, 0.5) is 5.69 Å². The number of hydrogen-bond donors (Lipinski definition) is 1. The molecule has 5 heteroatoms. The van der Waals surface area contributed by atoms with Gasteiger partial charge in [0.1, 0.15) is 23.1 Å². The summed E-state index contributed by atoms with van der Waals surface area (Å²) in [6, 6.07) is 16.3. The molecule has 2 aromatic carbocycles. The Balaban J connectivity index is 2.20. The van der Waals surface area contributed by atoms with Crippen molar-refractivity contribution in [1.82, 2.24) is 0 Å². The largest absolute Gasteiger partial charge is 0.496 e. The van der Waals surface area contributed by atoms with Crippen LogP contribution < -0.4 is 14.8 Å². The molecule has 5 nitrogen and oxygen atoms in total. The quantitative estimate of drug-likeness (QED) is 0.434. The minimum Gasteiger partial charge on any atom is -0.496 e. The number of ether oxygens (including phenoxy) is 2. The molecule has 0 aliphatic rings. The topological polar surface area (TPSA) is 71.3 Å². The molecule has 0 bridgehead atoms. The van der Waals surface area contributed by atoms with E-state index < -0.39 is 5.91 Å². The number of carbonyl (C=O) groups is 1. The lowest BCUT2D eigenvalue weighted by Gasteiger charge is -2.12. The lowest BCUT2D eigenvalue weighted by molar-refractivity contribution is -0.112. The molecule has 0 fully saturated rings. The fourth-order valence-corrected chi connectivity index (χ4v) is 2.30. The zero-order valence-corrected chi connectivity index (χ0v) is 15.0. The third-order valence-electron chi connectivity index (χ3n) is 3.69. The Morgan fingerprint density at radius 1 is 1.15 bits per heavy atom. The molecule has 2 rings (SSSR count). The summed E-state index contributed by atoms with van der Waals surface area (Å²) in [6.07, 6.45) is 3.46. The summed E-state index contributed by atoms with van der Waals surface area (Å²) < 4.78 is 11.0. The van der Waals surface area contributed by atoms with Gasteiger partial charge < -0.3 is 14.8 Å². The van der Waals surface area contributed by atoms with Gasteiger partial charge in [0, 0.05) is 5.56 Å². The van der Waals surface area contributed by atoms with Gasteiger partial charge in [-0.1, -0.05) is 43.7 Å². The Morgan fingerprint density at radius 3 is 2.54 bits per heavy atom. The normalized spacial score (nSPS) is 10.7. The van der Waals surface area contributed by atoms with E-state index in [2.05, 4.69) is 12.2 Å². The molecule has 1 N–H and O–H groups in total. The van der Waals surface area contributed by atoms with Gasteiger partial charge in [-0.2, -0.15) is 5.26 Å². The van der Waals surface area contributed by atoms with E-state index in [4.69, 9.17) is 9.47 Å². The molecule has 0 spiro atoms. The maximum absolute atomic E-state index is 12.5. The van der Waals surface area contributed by atoms with Crippen molar-refractivity contribution in [3.05, 3.63) is 59.7 Å². The Kier molecular flexibility index (Phi) is 7.26. The van der Waals surface area contributed by atoms with Crippen molar-refractivity contribution >= 4 is 17.7 Å². The minimum absolute atomic E-state index is 0.0159. The fourth-order valence-electron chi connectivity index (χ4n) is 2.30. The van der Waals surface area contributed by atoms with Crippen LogP contribution in [-0.4, -0.2) is 19.6 Å². The Morgan fingerprint density at radius 2 is 1.85 bits per heavy atom. The van der Waals surface area contributed by atoms with Crippen LogP contribution in [0.25, 0.3) is 6.08 Å². The highest BCUT2D eigenvalue weighted by molar-refractivity contribution is 6.10. The van der Waals surface area contributed by atoms with Gasteiger partial charge in [0.15, 0.2) is 0 Å². The zero-order chi connectivity index (χ0) is 18.8. The van der Waals surface area contributed by atoms with Crippen molar-refractivity contribution in [1.29, 1.82) is 5.26 Å². The second-order valence-electron chi connectivity index (χ2n) is 5.56. The number of unbranched alkanes of at least 4 members (excludes halogenated alkanes) is 1. The van der Waals surface area contributed by atoms with Crippen molar-refractivity contribution in [2.45, 2.75) is 19.8 Å². The van der Waals surface area contributed by atoms with Crippen LogP contribution >= 0.6 is 0 Å². The summed E-state index contributed by atoms with van der Waals surface area (Å²) in [6.45, 7) is 2.66. The smallest absolute Gasteiger partial charge is 0.266 e. The van der Waals surface area contributed by atoms with Crippen LogP contribution in [0.2, 0.25) is 0 Å². The minimum atomic E-state index is -0.495. The third kappa shape index (κ3) is 5.12. The van der Waals surface area contributed by atoms with Crippen LogP contribution in [-0.2, 0) is 4.79 Å². The molecule has 0 saturated heterocycles. The molecule has 134 valence electrons. The molecule has 1 amide bonds. The first-order chi connectivity index (χ1) is 12.7. The van der Waals surface area contributed by atoms with E-state index in [1.807, 2.05) is 24.3 Å². The maximum Gasteiger partial charge on any atom is 0.266 e. The van der Waals surface area contributed by atoms with E-state index in [-0.39, 0.29) is 5.57 Å². The number of hydrogen-bond acceptors (Lipinski definition) is 4. The van der Waals surface area contributed by atoms with Gasteiger partial charge in [0.25, 0.3) is 5.91 Å². The van der Waals surface area contributed by atoms with Crippen molar-refractivity contribution < 1.29 is 14.3 Å². The van der Waals surface area contributed by atoms with Gasteiger partial charge >= 0.3 is 0 Å². The highest BCUT2D eigenvalue weighted by Gasteiger charge is 2.13. The predicted molar refractivity (Wildman–Crippen MR) is 102 cm³/mol. The summed E-state index contributed by atoms with van der Waals surface area (Å²) in [4.78, 5) is 12.5. The van der Waals surface area contributed by atoms with Crippen molar-refractivity contribution in [2.24, 2.45) is 0 Å². The molecule has 0 atom stereocenters. The van der Waals surface area contributed by atoms with E-state index in [1.165, 1.54) is 6.08 Å². The van der Waals surface area contributed by atoms with Crippen LogP contribution in [0.3, 0.4) is 0 Å². The monoisotopic (exact) mass is 350 g/mol. The standard InChI is InChI=1S/C21H22N2O3/c1-3-4-13-26-20-12-8-6-10-18(20)23-21(24)17(15-22)14-16-9-5-7-11-19(16)25-2/h5-12,14H,3-4,13H2,1-2H3,(H,23,24)/b17-14+. The first-order valence-electron chi connectivity index (χ1n) is 8.47. The lowest BCUT2D eigenvalue weighted by atomic mass is 10.1. The van der Waals surface area contributed by atoms with Gasteiger partial charge in [0.05, 0.1) is 19.4 Å². The number of benzene rings is 2. The first-order valence-corrected chi connectivity index (χ1v) is 8.47. The van der Waals surface area contributed by atoms with Gasteiger partial charge in [-0.3, -0.25) is 4.79 Å². The van der Waals surface area contributed by atoms with Crippen LogP contribution in [0.1, 0.15) is 25.3 Å². The Bertz CT molecular complexity index is 822. The number of anilines is 1. The van der Waals surface area contributed by atoms with Crippen LogP contribution in [0.15, 0.2) is 54.1 Å². The molecule has 2 aromatic rings. The first kappa shape index (κ1) is 19.1. The average molecular weight is 350 g/mol. The SMILES string of the molecule is CCCCOc1ccccc1NC(=O)/C(C#N)=C/c1ccccc1OC. The van der Waals surface area contributed by atoms with E-state index in [9.17, 15) is 10.1 Å². The Hall–Kier alpha value is -3.26. The summed E-state index contributed by atoms with van der Waals surface area (Å²) >= 11 is 0. The molecule has 0 unspecified atom stereocenters.